The van der Waals surface area contributed by atoms with Crippen LogP contribution in [0.15, 0.2) is 18.2 Å². The number of esters is 1. The standard InChI is InChI=1S/C15H21NO5/c1-16-7-8-21-15-12(18-2)9-11(10-13(15)19-3)5-6-14(17)20-4/h5-6,9-10,16H,7-8H2,1-4H3/b6-5+. The second-order valence-electron chi connectivity index (χ2n) is 4.06. The van der Waals surface area contributed by atoms with Gasteiger partial charge in [-0.3, -0.25) is 0 Å². The summed E-state index contributed by atoms with van der Waals surface area (Å²) < 4.78 is 20.9. The number of hydrogen-bond donors (Lipinski definition) is 1. The predicted molar refractivity (Wildman–Crippen MR) is 80.0 cm³/mol. The molecule has 0 saturated carbocycles. The fourth-order valence-electron chi connectivity index (χ4n) is 1.63. The Morgan fingerprint density at radius 2 is 1.81 bits per heavy atom. The molecule has 1 rings (SSSR count). The maximum absolute atomic E-state index is 11.1. The van der Waals surface area contributed by atoms with Crippen LogP contribution in [-0.2, 0) is 9.53 Å². The Balaban J connectivity index is 3.05. The molecule has 0 fully saturated rings. The summed E-state index contributed by atoms with van der Waals surface area (Å²) in [6.07, 6.45) is 2.95. The summed E-state index contributed by atoms with van der Waals surface area (Å²) in [5.41, 5.74) is 0.745. The molecule has 0 amide bonds. The number of benzene rings is 1. The minimum Gasteiger partial charge on any atom is -0.493 e. The number of methoxy groups -OCH3 is 3. The summed E-state index contributed by atoms with van der Waals surface area (Å²) in [6.45, 7) is 1.19. The van der Waals surface area contributed by atoms with Gasteiger partial charge in [0.15, 0.2) is 11.5 Å². The average Bonchev–Trinajstić information content (AvgIpc) is 2.52. The van der Waals surface area contributed by atoms with Crippen molar-refractivity contribution in [3.8, 4) is 17.2 Å². The van der Waals surface area contributed by atoms with E-state index in [9.17, 15) is 4.79 Å². The highest BCUT2D eigenvalue weighted by Gasteiger charge is 2.13. The van der Waals surface area contributed by atoms with Gasteiger partial charge in [-0.25, -0.2) is 4.79 Å². The Bertz CT molecular complexity index is 474. The topological polar surface area (TPSA) is 66.0 Å². The smallest absolute Gasteiger partial charge is 0.330 e. The lowest BCUT2D eigenvalue weighted by molar-refractivity contribution is -0.134. The van der Waals surface area contributed by atoms with Crippen molar-refractivity contribution in [1.82, 2.24) is 5.32 Å². The lowest BCUT2D eigenvalue weighted by atomic mass is 10.1. The number of carbonyl (C=O) groups excluding carboxylic acids is 1. The van der Waals surface area contributed by atoms with E-state index in [-0.39, 0.29) is 0 Å². The van der Waals surface area contributed by atoms with Gasteiger partial charge in [-0.2, -0.15) is 0 Å². The van der Waals surface area contributed by atoms with Crippen molar-refractivity contribution in [2.75, 3.05) is 41.5 Å². The van der Waals surface area contributed by atoms with Gasteiger partial charge < -0.3 is 24.3 Å². The molecule has 0 aliphatic carbocycles. The minimum atomic E-state index is -0.428. The maximum Gasteiger partial charge on any atom is 0.330 e. The Hall–Kier alpha value is -2.21. The summed E-state index contributed by atoms with van der Waals surface area (Å²) in [7, 11) is 6.27. The summed E-state index contributed by atoms with van der Waals surface area (Å²) >= 11 is 0. The molecular formula is C15H21NO5. The van der Waals surface area contributed by atoms with E-state index in [0.29, 0.717) is 30.4 Å². The van der Waals surface area contributed by atoms with Crippen molar-refractivity contribution in [1.29, 1.82) is 0 Å². The Morgan fingerprint density at radius 3 is 2.29 bits per heavy atom. The largest absolute Gasteiger partial charge is 0.493 e. The van der Waals surface area contributed by atoms with E-state index in [1.165, 1.54) is 13.2 Å². The highest BCUT2D eigenvalue weighted by Crippen LogP contribution is 2.38. The van der Waals surface area contributed by atoms with E-state index >= 15 is 0 Å². The van der Waals surface area contributed by atoms with Crippen molar-refractivity contribution >= 4 is 12.0 Å². The molecule has 0 aromatic heterocycles. The molecule has 0 spiro atoms. The summed E-state index contributed by atoms with van der Waals surface area (Å²) in [6, 6.07) is 3.52. The first kappa shape index (κ1) is 16.8. The van der Waals surface area contributed by atoms with Crippen molar-refractivity contribution < 1.29 is 23.7 Å². The van der Waals surface area contributed by atoms with Crippen LogP contribution < -0.4 is 19.5 Å². The SMILES string of the molecule is CNCCOc1c(OC)cc(/C=C/C(=O)OC)cc1OC. The highest BCUT2D eigenvalue weighted by atomic mass is 16.5. The highest BCUT2D eigenvalue weighted by molar-refractivity contribution is 5.87. The van der Waals surface area contributed by atoms with Crippen LogP contribution in [-0.4, -0.2) is 47.5 Å². The molecule has 0 aliphatic heterocycles. The lowest BCUT2D eigenvalue weighted by Gasteiger charge is -2.15. The van der Waals surface area contributed by atoms with Crippen LogP contribution >= 0.6 is 0 Å². The minimum absolute atomic E-state index is 0.428. The van der Waals surface area contributed by atoms with Gasteiger partial charge in [0.25, 0.3) is 0 Å². The van der Waals surface area contributed by atoms with Crippen LogP contribution in [0, 0.1) is 0 Å². The molecule has 0 heterocycles. The van der Waals surface area contributed by atoms with E-state index in [4.69, 9.17) is 14.2 Å². The van der Waals surface area contributed by atoms with Gasteiger partial charge in [-0.05, 0) is 30.8 Å². The van der Waals surface area contributed by atoms with E-state index < -0.39 is 5.97 Å². The van der Waals surface area contributed by atoms with Crippen LogP contribution in [0.25, 0.3) is 6.08 Å². The van der Waals surface area contributed by atoms with Crippen molar-refractivity contribution in [3.05, 3.63) is 23.8 Å². The second kappa shape index (κ2) is 8.86. The maximum atomic E-state index is 11.1. The quantitative estimate of drug-likeness (QED) is 0.445. The fraction of sp³-hybridized carbons (Fsp3) is 0.400. The van der Waals surface area contributed by atoms with Gasteiger partial charge in [-0.15, -0.1) is 0 Å². The number of carbonyl (C=O) groups is 1. The van der Waals surface area contributed by atoms with E-state index in [2.05, 4.69) is 10.1 Å². The zero-order valence-corrected chi connectivity index (χ0v) is 12.8. The van der Waals surface area contributed by atoms with Gasteiger partial charge in [0.05, 0.1) is 21.3 Å². The molecule has 0 unspecified atom stereocenters. The molecule has 6 heteroatoms. The van der Waals surface area contributed by atoms with Gasteiger partial charge in [-0.1, -0.05) is 0 Å². The molecule has 0 saturated heterocycles. The van der Waals surface area contributed by atoms with Gasteiger partial charge >= 0.3 is 5.97 Å². The Labute approximate surface area is 124 Å². The first-order valence-corrected chi connectivity index (χ1v) is 6.45. The molecule has 0 bridgehead atoms. The number of likely N-dealkylation sites (N-methyl/N-ethyl adjacent to an activating group) is 1. The zero-order chi connectivity index (χ0) is 15.7. The first-order chi connectivity index (χ1) is 10.2. The number of hydrogen-bond acceptors (Lipinski definition) is 6. The van der Waals surface area contributed by atoms with Crippen LogP contribution in [0.5, 0.6) is 17.2 Å². The molecular weight excluding hydrogens is 274 g/mol. The molecule has 0 aliphatic rings. The lowest BCUT2D eigenvalue weighted by Crippen LogP contribution is -2.16. The zero-order valence-electron chi connectivity index (χ0n) is 12.8. The van der Waals surface area contributed by atoms with Crippen molar-refractivity contribution in [2.45, 2.75) is 0 Å². The Kier molecular flexibility index (Phi) is 7.11. The summed E-state index contributed by atoms with van der Waals surface area (Å²) in [5.74, 6) is 1.18. The number of rotatable bonds is 8. The number of nitrogens with one attached hydrogen (secondary N) is 1. The molecule has 21 heavy (non-hydrogen) atoms. The van der Waals surface area contributed by atoms with Crippen molar-refractivity contribution in [3.63, 3.8) is 0 Å². The fourth-order valence-corrected chi connectivity index (χ4v) is 1.63. The van der Waals surface area contributed by atoms with Gasteiger partial charge in [0, 0.05) is 12.6 Å². The third-order valence-electron chi connectivity index (χ3n) is 2.69. The van der Waals surface area contributed by atoms with Gasteiger partial charge in [0.2, 0.25) is 5.75 Å². The predicted octanol–water partition coefficient (Wildman–Crippen LogP) is 1.49. The van der Waals surface area contributed by atoms with E-state index in [1.54, 1.807) is 32.4 Å². The first-order valence-electron chi connectivity index (χ1n) is 6.45. The van der Waals surface area contributed by atoms with Crippen LogP contribution in [0.1, 0.15) is 5.56 Å². The monoisotopic (exact) mass is 295 g/mol. The molecule has 6 nitrogen and oxygen atoms in total. The van der Waals surface area contributed by atoms with E-state index in [1.807, 2.05) is 7.05 Å². The van der Waals surface area contributed by atoms with E-state index in [0.717, 1.165) is 5.56 Å². The molecule has 1 aromatic carbocycles. The van der Waals surface area contributed by atoms with Crippen LogP contribution in [0.4, 0.5) is 0 Å². The van der Waals surface area contributed by atoms with Gasteiger partial charge in [0.1, 0.15) is 6.61 Å². The molecule has 116 valence electrons. The summed E-state index contributed by atoms with van der Waals surface area (Å²) in [5, 5.41) is 2.99. The van der Waals surface area contributed by atoms with Crippen LogP contribution in [0.3, 0.4) is 0 Å². The normalized spacial score (nSPS) is 10.5. The number of ether oxygens (including phenoxy) is 4. The average molecular weight is 295 g/mol. The van der Waals surface area contributed by atoms with Crippen LogP contribution in [0.2, 0.25) is 0 Å². The van der Waals surface area contributed by atoms with Crippen molar-refractivity contribution in [2.24, 2.45) is 0 Å². The molecule has 1 aromatic rings. The Morgan fingerprint density at radius 1 is 1.19 bits per heavy atom. The molecule has 0 atom stereocenters. The third kappa shape index (κ3) is 5.00. The second-order valence-corrected chi connectivity index (χ2v) is 4.06. The molecule has 1 N–H and O–H groups in total. The molecule has 0 radical (unpaired) electrons. The summed E-state index contributed by atoms with van der Waals surface area (Å²) in [4.78, 5) is 11.1. The third-order valence-corrected chi connectivity index (χ3v) is 2.69.